The molecule has 0 aromatic rings. The fourth-order valence-corrected chi connectivity index (χ4v) is 2.72. The molecule has 2 atom stereocenters. The van der Waals surface area contributed by atoms with Gasteiger partial charge in [-0.05, 0) is 39.2 Å². The summed E-state index contributed by atoms with van der Waals surface area (Å²) in [6.07, 6.45) is 4.42. The lowest BCUT2D eigenvalue weighted by molar-refractivity contribution is -0.135. The van der Waals surface area contributed by atoms with Crippen molar-refractivity contribution in [3.63, 3.8) is 0 Å². The average molecular weight is 290 g/mol. The molecule has 0 bridgehead atoms. The first kappa shape index (κ1) is 16.2. The largest absolute Gasteiger partial charge is 0.350 e. The van der Waals surface area contributed by atoms with Crippen LogP contribution in [0.15, 0.2) is 0 Å². The lowest BCUT2D eigenvalue weighted by Crippen LogP contribution is -2.60. The number of nitrogens with zero attached hydrogens (tertiary/aromatic N) is 1. The summed E-state index contributed by atoms with van der Waals surface area (Å²) in [5, 5.41) is 6.40. The third kappa shape index (κ3) is 3.83. The number of halogens is 1. The highest BCUT2D eigenvalue weighted by Crippen LogP contribution is 2.20. The smallest absolute Gasteiger partial charge is 0.240 e. The van der Waals surface area contributed by atoms with E-state index < -0.39 is 5.54 Å². The predicted molar refractivity (Wildman–Crippen MR) is 76.3 cm³/mol. The maximum absolute atomic E-state index is 12.3. The quantitative estimate of drug-likeness (QED) is 0.786. The van der Waals surface area contributed by atoms with Crippen molar-refractivity contribution in [1.82, 2.24) is 15.5 Å². The normalized spacial score (nSPS) is 31.6. The van der Waals surface area contributed by atoms with Crippen molar-refractivity contribution in [2.75, 3.05) is 20.1 Å². The number of nitrogens with one attached hydrogen (secondary N) is 2. The second-order valence-corrected chi connectivity index (χ2v) is 5.70. The third-order valence-electron chi connectivity index (χ3n) is 4.08. The minimum atomic E-state index is -0.432. The highest BCUT2D eigenvalue weighted by Gasteiger charge is 2.36. The Morgan fingerprint density at radius 3 is 2.79 bits per heavy atom. The van der Waals surface area contributed by atoms with Crippen molar-refractivity contribution < 1.29 is 9.59 Å². The van der Waals surface area contributed by atoms with Crippen LogP contribution < -0.4 is 10.6 Å². The van der Waals surface area contributed by atoms with Crippen molar-refractivity contribution in [3.8, 4) is 0 Å². The third-order valence-corrected chi connectivity index (χ3v) is 4.08. The lowest BCUT2D eigenvalue weighted by Gasteiger charge is -2.37. The van der Waals surface area contributed by atoms with Crippen molar-refractivity contribution in [1.29, 1.82) is 0 Å². The molecule has 5 nitrogen and oxygen atoms in total. The number of piperidine rings is 2. The Balaban J connectivity index is 0.00000180. The SMILES string of the molecule is CN1CC(NC(=O)C2(C)CCCCN2)CCC1=O.Cl. The summed E-state index contributed by atoms with van der Waals surface area (Å²) in [4.78, 5) is 25.4. The minimum Gasteiger partial charge on any atom is -0.350 e. The first-order valence-corrected chi connectivity index (χ1v) is 6.81. The Labute approximate surface area is 120 Å². The molecule has 0 radical (unpaired) electrons. The Bertz CT molecular complexity index is 343. The highest BCUT2D eigenvalue weighted by atomic mass is 35.5. The van der Waals surface area contributed by atoms with Crippen molar-refractivity contribution in [3.05, 3.63) is 0 Å². The minimum absolute atomic E-state index is 0. The van der Waals surface area contributed by atoms with Gasteiger partial charge in [-0.25, -0.2) is 0 Å². The molecule has 0 aromatic carbocycles. The molecule has 2 heterocycles. The average Bonchev–Trinajstić information content (AvgIpc) is 2.35. The summed E-state index contributed by atoms with van der Waals surface area (Å²) >= 11 is 0. The first-order chi connectivity index (χ1) is 8.51. The number of rotatable bonds is 2. The molecule has 110 valence electrons. The molecule has 19 heavy (non-hydrogen) atoms. The standard InChI is InChI=1S/C13H23N3O2.ClH/c1-13(7-3-4-8-14-13)12(18)15-10-5-6-11(17)16(2)9-10;/h10,14H,3-9H2,1-2H3,(H,15,18);1H. The second kappa shape index (κ2) is 6.57. The van der Waals surface area contributed by atoms with Crippen LogP contribution >= 0.6 is 12.4 Å². The molecule has 2 unspecified atom stereocenters. The van der Waals surface area contributed by atoms with Gasteiger partial charge >= 0.3 is 0 Å². The number of likely N-dealkylation sites (N-methyl/N-ethyl adjacent to an activating group) is 1. The van der Waals surface area contributed by atoms with Crippen LogP contribution in [0, 0.1) is 0 Å². The van der Waals surface area contributed by atoms with Gasteiger partial charge in [0.2, 0.25) is 11.8 Å². The van der Waals surface area contributed by atoms with Gasteiger partial charge in [0.05, 0.1) is 5.54 Å². The summed E-state index contributed by atoms with van der Waals surface area (Å²) in [5.74, 6) is 0.248. The van der Waals surface area contributed by atoms with E-state index in [2.05, 4.69) is 10.6 Å². The number of hydrogen-bond donors (Lipinski definition) is 2. The monoisotopic (exact) mass is 289 g/mol. The maximum atomic E-state index is 12.3. The van der Waals surface area contributed by atoms with Gasteiger partial charge in [0, 0.05) is 26.1 Å². The second-order valence-electron chi connectivity index (χ2n) is 5.70. The van der Waals surface area contributed by atoms with Crippen molar-refractivity contribution >= 4 is 24.2 Å². The fraction of sp³-hybridized carbons (Fsp3) is 0.846. The molecule has 0 saturated carbocycles. The van der Waals surface area contributed by atoms with E-state index in [0.717, 1.165) is 32.2 Å². The summed E-state index contributed by atoms with van der Waals surface area (Å²) in [5.41, 5.74) is -0.432. The van der Waals surface area contributed by atoms with E-state index in [1.165, 1.54) is 0 Å². The zero-order chi connectivity index (χ0) is 13.2. The maximum Gasteiger partial charge on any atom is 0.240 e. The molecule has 2 rings (SSSR count). The summed E-state index contributed by atoms with van der Waals surface area (Å²) in [6.45, 7) is 3.51. The number of hydrogen-bond acceptors (Lipinski definition) is 3. The number of carbonyl (C=O) groups excluding carboxylic acids is 2. The van der Waals surface area contributed by atoms with E-state index in [9.17, 15) is 9.59 Å². The molecule has 6 heteroatoms. The van der Waals surface area contributed by atoms with Gasteiger partial charge in [-0.15, -0.1) is 12.4 Å². The van der Waals surface area contributed by atoms with Gasteiger partial charge in [-0.2, -0.15) is 0 Å². The van der Waals surface area contributed by atoms with Crippen LogP contribution in [-0.2, 0) is 9.59 Å². The lowest BCUT2D eigenvalue weighted by atomic mass is 9.89. The van der Waals surface area contributed by atoms with Crippen molar-refractivity contribution in [2.24, 2.45) is 0 Å². The molecule has 0 aromatic heterocycles. The van der Waals surface area contributed by atoms with Crippen LogP contribution in [0.2, 0.25) is 0 Å². The molecule has 2 fully saturated rings. The Morgan fingerprint density at radius 2 is 2.21 bits per heavy atom. The van der Waals surface area contributed by atoms with Crippen LogP contribution in [0.25, 0.3) is 0 Å². The van der Waals surface area contributed by atoms with Gasteiger partial charge in [-0.3, -0.25) is 9.59 Å². The van der Waals surface area contributed by atoms with Crippen LogP contribution in [0.3, 0.4) is 0 Å². The molecule has 0 spiro atoms. The van der Waals surface area contributed by atoms with Crippen LogP contribution in [0.1, 0.15) is 39.0 Å². The van der Waals surface area contributed by atoms with E-state index in [-0.39, 0.29) is 30.3 Å². The zero-order valence-corrected chi connectivity index (χ0v) is 12.5. The molecule has 2 aliphatic heterocycles. The topological polar surface area (TPSA) is 61.4 Å². The number of carbonyl (C=O) groups is 2. The van der Waals surface area contributed by atoms with Gasteiger partial charge in [-0.1, -0.05) is 0 Å². The Morgan fingerprint density at radius 1 is 1.47 bits per heavy atom. The van der Waals surface area contributed by atoms with E-state index in [1.807, 2.05) is 6.92 Å². The van der Waals surface area contributed by atoms with Gasteiger partial charge in [0.25, 0.3) is 0 Å². The molecule has 2 amide bonds. The fourth-order valence-electron chi connectivity index (χ4n) is 2.72. The van der Waals surface area contributed by atoms with Crippen LogP contribution in [0.5, 0.6) is 0 Å². The summed E-state index contributed by atoms with van der Waals surface area (Å²) in [6, 6.07) is 0.0979. The summed E-state index contributed by atoms with van der Waals surface area (Å²) in [7, 11) is 1.79. The van der Waals surface area contributed by atoms with E-state index >= 15 is 0 Å². The van der Waals surface area contributed by atoms with Gasteiger partial charge in [0.1, 0.15) is 0 Å². The predicted octanol–water partition coefficient (Wildman–Crippen LogP) is 0.677. The van der Waals surface area contributed by atoms with Gasteiger partial charge in [0.15, 0.2) is 0 Å². The Hall–Kier alpha value is -0.810. The molecule has 0 aliphatic carbocycles. The van der Waals surface area contributed by atoms with E-state index in [4.69, 9.17) is 0 Å². The Kier molecular flexibility index (Phi) is 5.62. The first-order valence-electron chi connectivity index (χ1n) is 6.81. The van der Waals surface area contributed by atoms with E-state index in [1.54, 1.807) is 11.9 Å². The summed E-state index contributed by atoms with van der Waals surface area (Å²) < 4.78 is 0. The van der Waals surface area contributed by atoms with Gasteiger partial charge < -0.3 is 15.5 Å². The molecular weight excluding hydrogens is 266 g/mol. The molecule has 2 aliphatic rings. The number of amides is 2. The van der Waals surface area contributed by atoms with Crippen LogP contribution in [-0.4, -0.2) is 48.4 Å². The molecule has 2 saturated heterocycles. The van der Waals surface area contributed by atoms with E-state index in [0.29, 0.717) is 13.0 Å². The molecular formula is C13H24ClN3O2. The number of likely N-dealkylation sites (tertiary alicyclic amines) is 1. The van der Waals surface area contributed by atoms with Crippen molar-refractivity contribution in [2.45, 2.75) is 50.6 Å². The zero-order valence-electron chi connectivity index (χ0n) is 11.7. The highest BCUT2D eigenvalue weighted by molar-refractivity contribution is 5.86. The molecule has 2 N–H and O–H groups in total. The van der Waals surface area contributed by atoms with Crippen LogP contribution in [0.4, 0.5) is 0 Å².